The maximum atomic E-state index is 11.9. The van der Waals surface area contributed by atoms with Gasteiger partial charge in [0.2, 0.25) is 0 Å². The summed E-state index contributed by atoms with van der Waals surface area (Å²) >= 11 is 0. The first-order valence-corrected chi connectivity index (χ1v) is 6.25. The monoisotopic (exact) mass is 262 g/mol. The van der Waals surface area contributed by atoms with Gasteiger partial charge in [0.05, 0.1) is 13.0 Å². The summed E-state index contributed by atoms with van der Waals surface area (Å²) in [7, 11) is 3.17. The fourth-order valence-electron chi connectivity index (χ4n) is 2.14. The van der Waals surface area contributed by atoms with E-state index in [0.29, 0.717) is 6.54 Å². The van der Waals surface area contributed by atoms with Crippen LogP contribution in [0.2, 0.25) is 0 Å². The molecule has 0 spiro atoms. The second-order valence-electron chi connectivity index (χ2n) is 4.69. The van der Waals surface area contributed by atoms with Crippen molar-refractivity contribution in [3.05, 3.63) is 29.8 Å². The highest BCUT2D eigenvalue weighted by molar-refractivity contribution is 5.94. The van der Waals surface area contributed by atoms with Crippen molar-refractivity contribution in [1.29, 1.82) is 0 Å². The van der Waals surface area contributed by atoms with E-state index in [9.17, 15) is 9.59 Å². The summed E-state index contributed by atoms with van der Waals surface area (Å²) < 4.78 is 4.72. The summed E-state index contributed by atoms with van der Waals surface area (Å²) in [5.74, 6) is -0.555. The molecule has 5 heteroatoms. The van der Waals surface area contributed by atoms with Crippen LogP contribution in [0.25, 0.3) is 0 Å². The first-order chi connectivity index (χ1) is 9.04. The molecule has 0 bridgehead atoms. The van der Waals surface area contributed by atoms with Crippen molar-refractivity contribution in [3.8, 4) is 0 Å². The second-order valence-corrected chi connectivity index (χ2v) is 4.69. The number of likely N-dealkylation sites (N-methyl/N-ethyl adjacent to an activating group) is 1. The standard InChI is InChI=1S/C14H18N2O3/c1-10(13(17)19-3)11-4-6-12(7-5-11)16-9-8-15(2)14(16)18/h4-7,10H,8-9H2,1-3H3/t10-/m0/s1. The number of methoxy groups -OCH3 is 1. The zero-order valence-corrected chi connectivity index (χ0v) is 11.4. The van der Waals surface area contributed by atoms with Gasteiger partial charge in [-0.25, -0.2) is 4.79 Å². The average molecular weight is 262 g/mol. The molecule has 5 nitrogen and oxygen atoms in total. The van der Waals surface area contributed by atoms with Gasteiger partial charge in [-0.2, -0.15) is 0 Å². The fraction of sp³-hybridized carbons (Fsp3) is 0.429. The van der Waals surface area contributed by atoms with Gasteiger partial charge in [0.15, 0.2) is 0 Å². The van der Waals surface area contributed by atoms with Gasteiger partial charge in [-0.3, -0.25) is 9.69 Å². The molecule has 102 valence electrons. The molecule has 19 heavy (non-hydrogen) atoms. The summed E-state index contributed by atoms with van der Waals surface area (Å²) in [5.41, 5.74) is 1.74. The largest absolute Gasteiger partial charge is 0.469 e. The van der Waals surface area contributed by atoms with E-state index >= 15 is 0 Å². The predicted octanol–water partition coefficient (Wildman–Crippen LogP) is 1.83. The molecule has 2 amide bonds. The molecule has 1 aliphatic rings. The number of amides is 2. The van der Waals surface area contributed by atoms with Crippen LogP contribution in [0.1, 0.15) is 18.4 Å². The Bertz CT molecular complexity index is 484. The van der Waals surface area contributed by atoms with E-state index in [1.807, 2.05) is 24.3 Å². The van der Waals surface area contributed by atoms with Gasteiger partial charge in [-0.1, -0.05) is 12.1 Å². The number of carbonyl (C=O) groups excluding carboxylic acids is 2. The van der Waals surface area contributed by atoms with Crippen molar-refractivity contribution in [3.63, 3.8) is 0 Å². The number of hydrogen-bond donors (Lipinski definition) is 0. The Labute approximate surface area is 112 Å². The Morgan fingerprint density at radius 1 is 1.26 bits per heavy atom. The lowest BCUT2D eigenvalue weighted by atomic mass is 10.0. The number of anilines is 1. The zero-order valence-electron chi connectivity index (χ0n) is 11.4. The van der Waals surface area contributed by atoms with Crippen molar-refractivity contribution in [2.24, 2.45) is 0 Å². The van der Waals surface area contributed by atoms with Gasteiger partial charge in [-0.05, 0) is 24.6 Å². The maximum absolute atomic E-state index is 11.9. The van der Waals surface area contributed by atoms with Crippen molar-refractivity contribution >= 4 is 17.7 Å². The zero-order chi connectivity index (χ0) is 14.0. The summed E-state index contributed by atoms with van der Waals surface area (Å²) in [6.07, 6.45) is 0. The number of hydrogen-bond acceptors (Lipinski definition) is 3. The topological polar surface area (TPSA) is 49.9 Å². The number of esters is 1. The lowest BCUT2D eigenvalue weighted by Gasteiger charge is -2.17. The van der Waals surface area contributed by atoms with Gasteiger partial charge in [0, 0.05) is 25.8 Å². The molecule has 1 atom stereocenters. The Balaban J connectivity index is 2.15. The van der Waals surface area contributed by atoms with Gasteiger partial charge in [0.1, 0.15) is 0 Å². The predicted molar refractivity (Wildman–Crippen MR) is 72.2 cm³/mol. The minimum Gasteiger partial charge on any atom is -0.469 e. The van der Waals surface area contributed by atoms with Gasteiger partial charge >= 0.3 is 12.0 Å². The van der Waals surface area contributed by atoms with Crippen molar-refractivity contribution in [2.75, 3.05) is 32.1 Å². The Morgan fingerprint density at radius 2 is 1.89 bits per heavy atom. The number of carbonyl (C=O) groups is 2. The molecule has 0 radical (unpaired) electrons. The molecule has 1 aromatic carbocycles. The fourth-order valence-corrected chi connectivity index (χ4v) is 2.14. The molecule has 1 aromatic rings. The molecule has 1 aliphatic heterocycles. The highest BCUT2D eigenvalue weighted by Crippen LogP contribution is 2.23. The highest BCUT2D eigenvalue weighted by atomic mass is 16.5. The van der Waals surface area contributed by atoms with Crippen LogP contribution in [0.15, 0.2) is 24.3 Å². The summed E-state index contributed by atoms with van der Waals surface area (Å²) in [6, 6.07) is 7.47. The molecular weight excluding hydrogens is 244 g/mol. The quantitative estimate of drug-likeness (QED) is 0.781. The van der Waals surface area contributed by atoms with E-state index in [1.54, 1.807) is 23.8 Å². The lowest BCUT2D eigenvalue weighted by molar-refractivity contribution is -0.141. The number of urea groups is 1. The molecule has 1 saturated heterocycles. The van der Waals surface area contributed by atoms with Gasteiger partial charge in [-0.15, -0.1) is 0 Å². The van der Waals surface area contributed by atoms with Crippen LogP contribution in [0, 0.1) is 0 Å². The van der Waals surface area contributed by atoms with E-state index in [0.717, 1.165) is 17.8 Å². The Morgan fingerprint density at radius 3 is 2.37 bits per heavy atom. The van der Waals surface area contributed by atoms with E-state index in [-0.39, 0.29) is 17.9 Å². The SMILES string of the molecule is COC(=O)[C@@H](C)c1ccc(N2CCN(C)C2=O)cc1. The number of benzene rings is 1. The molecule has 0 N–H and O–H groups in total. The van der Waals surface area contributed by atoms with Crippen molar-refractivity contribution < 1.29 is 14.3 Å². The third-order valence-corrected chi connectivity index (χ3v) is 3.48. The molecule has 2 rings (SSSR count). The minimum absolute atomic E-state index is 0.00812. The molecular formula is C14H18N2O3. The Hall–Kier alpha value is -2.04. The smallest absolute Gasteiger partial charge is 0.324 e. The number of ether oxygens (including phenoxy) is 1. The molecule has 0 aromatic heterocycles. The van der Waals surface area contributed by atoms with E-state index in [4.69, 9.17) is 4.74 Å². The third kappa shape index (κ3) is 2.54. The van der Waals surface area contributed by atoms with Crippen LogP contribution in [0.4, 0.5) is 10.5 Å². The van der Waals surface area contributed by atoms with Crippen LogP contribution >= 0.6 is 0 Å². The second kappa shape index (κ2) is 5.30. The highest BCUT2D eigenvalue weighted by Gasteiger charge is 2.26. The molecule has 0 saturated carbocycles. The summed E-state index contributed by atoms with van der Waals surface area (Å²) in [6.45, 7) is 3.23. The molecule has 1 heterocycles. The van der Waals surface area contributed by atoms with E-state index in [2.05, 4.69) is 0 Å². The summed E-state index contributed by atoms with van der Waals surface area (Å²) in [5, 5.41) is 0. The lowest BCUT2D eigenvalue weighted by Crippen LogP contribution is -2.29. The van der Waals surface area contributed by atoms with Crippen LogP contribution in [-0.2, 0) is 9.53 Å². The Kier molecular flexibility index (Phi) is 3.74. The molecule has 0 aliphatic carbocycles. The molecule has 1 fully saturated rings. The first kappa shape index (κ1) is 13.4. The van der Waals surface area contributed by atoms with E-state index in [1.165, 1.54) is 7.11 Å². The maximum Gasteiger partial charge on any atom is 0.324 e. The average Bonchev–Trinajstić information content (AvgIpc) is 2.77. The van der Waals surface area contributed by atoms with Crippen LogP contribution in [-0.4, -0.2) is 44.1 Å². The van der Waals surface area contributed by atoms with Crippen molar-refractivity contribution in [2.45, 2.75) is 12.8 Å². The third-order valence-electron chi connectivity index (χ3n) is 3.48. The first-order valence-electron chi connectivity index (χ1n) is 6.25. The van der Waals surface area contributed by atoms with Crippen molar-refractivity contribution in [1.82, 2.24) is 4.90 Å². The normalized spacial score (nSPS) is 16.7. The number of nitrogens with zero attached hydrogens (tertiary/aromatic N) is 2. The number of rotatable bonds is 3. The van der Waals surface area contributed by atoms with Gasteiger partial charge in [0.25, 0.3) is 0 Å². The van der Waals surface area contributed by atoms with E-state index < -0.39 is 0 Å². The van der Waals surface area contributed by atoms with Crippen LogP contribution < -0.4 is 4.90 Å². The molecule has 0 unspecified atom stereocenters. The van der Waals surface area contributed by atoms with Crippen LogP contribution in [0.5, 0.6) is 0 Å². The summed E-state index contributed by atoms with van der Waals surface area (Å²) in [4.78, 5) is 26.7. The van der Waals surface area contributed by atoms with Crippen LogP contribution in [0.3, 0.4) is 0 Å². The van der Waals surface area contributed by atoms with Gasteiger partial charge < -0.3 is 9.64 Å². The minimum atomic E-state index is -0.295.